The topological polar surface area (TPSA) is 90.6 Å². The Hall–Kier alpha value is -3.46. The number of benzene rings is 2. The number of amides is 1. The molecule has 8 nitrogen and oxygen atoms in total. The number of nitrogens with zero attached hydrogens (tertiary/aromatic N) is 4. The zero-order chi connectivity index (χ0) is 19.8. The third-order valence-electron chi connectivity index (χ3n) is 4.52. The maximum Gasteiger partial charge on any atom is 0.255 e. The SMILES string of the molecule is Cc1nnc2sc(-c3cccc(NC(=O)c4ccc5c(c4)OCCCO5)c3)nn12. The van der Waals surface area contributed by atoms with Crippen molar-refractivity contribution in [1.29, 1.82) is 0 Å². The predicted molar refractivity (Wildman–Crippen MR) is 109 cm³/mol. The standard InChI is InChI=1S/C20H17N5O3S/c1-12-22-23-20-25(12)24-19(29-20)14-4-2-5-15(10-14)21-18(26)13-6-7-16-17(11-13)28-9-3-8-27-16/h2,4-7,10-11H,3,8-9H2,1H3,(H,21,26). The lowest BCUT2D eigenvalue weighted by Gasteiger charge is -2.10. The van der Waals surface area contributed by atoms with E-state index in [1.165, 1.54) is 11.3 Å². The van der Waals surface area contributed by atoms with Crippen LogP contribution in [-0.2, 0) is 0 Å². The van der Waals surface area contributed by atoms with Gasteiger partial charge in [-0.25, -0.2) is 0 Å². The minimum atomic E-state index is -0.216. The summed E-state index contributed by atoms with van der Waals surface area (Å²) >= 11 is 1.45. The highest BCUT2D eigenvalue weighted by molar-refractivity contribution is 7.19. The normalized spacial score (nSPS) is 13.3. The van der Waals surface area contributed by atoms with Crippen molar-refractivity contribution >= 4 is 27.9 Å². The molecule has 0 unspecified atom stereocenters. The smallest absolute Gasteiger partial charge is 0.255 e. The summed E-state index contributed by atoms with van der Waals surface area (Å²) in [6.07, 6.45) is 0.820. The highest BCUT2D eigenvalue weighted by atomic mass is 32.1. The molecule has 0 radical (unpaired) electrons. The van der Waals surface area contributed by atoms with Gasteiger partial charge in [-0.15, -0.1) is 10.2 Å². The van der Waals surface area contributed by atoms with Crippen LogP contribution in [0.3, 0.4) is 0 Å². The second-order valence-corrected chi connectivity index (χ2v) is 7.55. The quantitative estimate of drug-likeness (QED) is 0.558. The van der Waals surface area contributed by atoms with Crippen LogP contribution >= 0.6 is 11.3 Å². The van der Waals surface area contributed by atoms with E-state index in [9.17, 15) is 4.79 Å². The number of anilines is 1. The molecule has 2 aromatic carbocycles. The van der Waals surface area contributed by atoms with Crippen molar-refractivity contribution in [1.82, 2.24) is 19.8 Å². The minimum Gasteiger partial charge on any atom is -0.490 e. The highest BCUT2D eigenvalue weighted by Crippen LogP contribution is 2.31. The summed E-state index contributed by atoms with van der Waals surface area (Å²) in [4.78, 5) is 13.5. The molecule has 5 rings (SSSR count). The number of aromatic nitrogens is 4. The summed E-state index contributed by atoms with van der Waals surface area (Å²) < 4.78 is 13.0. The first kappa shape index (κ1) is 17.6. The summed E-state index contributed by atoms with van der Waals surface area (Å²) in [6, 6.07) is 12.8. The number of fused-ring (bicyclic) bond motifs is 2. The maximum atomic E-state index is 12.7. The van der Waals surface area contributed by atoms with Gasteiger partial charge in [0.25, 0.3) is 5.91 Å². The number of carbonyl (C=O) groups excluding carboxylic acids is 1. The van der Waals surface area contributed by atoms with E-state index in [4.69, 9.17) is 9.47 Å². The summed E-state index contributed by atoms with van der Waals surface area (Å²) in [5.74, 6) is 1.78. The molecule has 0 aliphatic carbocycles. The molecular weight excluding hydrogens is 390 g/mol. The van der Waals surface area contributed by atoms with Crippen LogP contribution in [-0.4, -0.2) is 38.9 Å². The van der Waals surface area contributed by atoms with Crippen LogP contribution in [0.15, 0.2) is 42.5 Å². The Morgan fingerprint density at radius 3 is 2.83 bits per heavy atom. The Morgan fingerprint density at radius 1 is 1.10 bits per heavy atom. The molecule has 0 spiro atoms. The van der Waals surface area contributed by atoms with Crippen LogP contribution in [0.4, 0.5) is 5.69 Å². The molecule has 4 aromatic rings. The Bertz CT molecular complexity index is 1220. The second kappa shape index (κ2) is 7.17. The average Bonchev–Trinajstić information content (AvgIpc) is 3.21. The zero-order valence-corrected chi connectivity index (χ0v) is 16.4. The first-order chi connectivity index (χ1) is 14.2. The van der Waals surface area contributed by atoms with Gasteiger partial charge in [-0.05, 0) is 37.3 Å². The molecule has 9 heteroatoms. The molecule has 29 heavy (non-hydrogen) atoms. The first-order valence-electron chi connectivity index (χ1n) is 9.18. The van der Waals surface area contributed by atoms with Crippen molar-refractivity contribution in [2.75, 3.05) is 18.5 Å². The average molecular weight is 407 g/mol. The van der Waals surface area contributed by atoms with E-state index < -0.39 is 0 Å². The first-order valence-corrected chi connectivity index (χ1v) is 9.99. The molecule has 3 heterocycles. The largest absolute Gasteiger partial charge is 0.490 e. The van der Waals surface area contributed by atoms with Crippen molar-refractivity contribution in [2.45, 2.75) is 13.3 Å². The van der Waals surface area contributed by atoms with E-state index >= 15 is 0 Å². The van der Waals surface area contributed by atoms with Crippen LogP contribution in [0.5, 0.6) is 11.5 Å². The van der Waals surface area contributed by atoms with Crippen molar-refractivity contribution in [3.63, 3.8) is 0 Å². The van der Waals surface area contributed by atoms with Gasteiger partial charge in [0.2, 0.25) is 4.96 Å². The number of carbonyl (C=O) groups is 1. The van der Waals surface area contributed by atoms with Gasteiger partial charge in [-0.2, -0.15) is 9.61 Å². The van der Waals surface area contributed by atoms with Crippen molar-refractivity contribution in [3.8, 4) is 22.1 Å². The van der Waals surface area contributed by atoms with Gasteiger partial charge in [0.15, 0.2) is 17.3 Å². The van der Waals surface area contributed by atoms with Gasteiger partial charge >= 0.3 is 0 Å². The van der Waals surface area contributed by atoms with Crippen LogP contribution in [0.2, 0.25) is 0 Å². The molecule has 0 bridgehead atoms. The molecule has 1 aliphatic rings. The number of hydrogen-bond donors (Lipinski definition) is 1. The van der Waals surface area contributed by atoms with Crippen molar-refractivity contribution in [3.05, 3.63) is 53.9 Å². The number of ether oxygens (including phenoxy) is 2. The van der Waals surface area contributed by atoms with E-state index in [2.05, 4.69) is 20.6 Å². The Balaban J connectivity index is 1.38. The number of aryl methyl sites for hydroxylation is 1. The molecule has 0 fully saturated rings. The van der Waals surface area contributed by atoms with E-state index in [1.54, 1.807) is 22.7 Å². The molecule has 1 N–H and O–H groups in total. The number of hydrogen-bond acceptors (Lipinski definition) is 7. The maximum absolute atomic E-state index is 12.7. The molecule has 1 aliphatic heterocycles. The lowest BCUT2D eigenvalue weighted by atomic mass is 10.1. The van der Waals surface area contributed by atoms with E-state index in [0.29, 0.717) is 36.0 Å². The summed E-state index contributed by atoms with van der Waals surface area (Å²) in [5.41, 5.74) is 2.09. The van der Waals surface area contributed by atoms with E-state index in [-0.39, 0.29) is 5.91 Å². The van der Waals surface area contributed by atoms with Gasteiger partial charge in [-0.3, -0.25) is 4.79 Å². The second-order valence-electron chi connectivity index (χ2n) is 6.60. The third kappa shape index (κ3) is 3.40. The molecular formula is C20H17N5O3S. The fourth-order valence-corrected chi connectivity index (χ4v) is 3.95. The molecule has 1 amide bonds. The van der Waals surface area contributed by atoms with Gasteiger partial charge in [0.1, 0.15) is 5.01 Å². The number of nitrogens with one attached hydrogen (secondary N) is 1. The van der Waals surface area contributed by atoms with Gasteiger partial charge < -0.3 is 14.8 Å². The third-order valence-corrected chi connectivity index (χ3v) is 5.47. The molecule has 2 aromatic heterocycles. The zero-order valence-electron chi connectivity index (χ0n) is 15.6. The lowest BCUT2D eigenvalue weighted by molar-refractivity contribution is 0.102. The predicted octanol–water partition coefficient (Wildman–Crippen LogP) is 3.57. The lowest BCUT2D eigenvalue weighted by Crippen LogP contribution is -2.12. The van der Waals surface area contributed by atoms with Gasteiger partial charge in [0.05, 0.1) is 13.2 Å². The minimum absolute atomic E-state index is 0.216. The monoisotopic (exact) mass is 407 g/mol. The molecule has 0 saturated heterocycles. The summed E-state index contributed by atoms with van der Waals surface area (Å²) in [5, 5.41) is 16.4. The van der Waals surface area contributed by atoms with Crippen LogP contribution in [0, 0.1) is 6.92 Å². The Morgan fingerprint density at radius 2 is 1.97 bits per heavy atom. The number of rotatable bonds is 3. The van der Waals surface area contributed by atoms with Gasteiger partial charge in [-0.1, -0.05) is 23.5 Å². The summed E-state index contributed by atoms with van der Waals surface area (Å²) in [6.45, 7) is 3.05. The van der Waals surface area contributed by atoms with Gasteiger partial charge in [0, 0.05) is 23.2 Å². The van der Waals surface area contributed by atoms with Crippen molar-refractivity contribution < 1.29 is 14.3 Å². The van der Waals surface area contributed by atoms with E-state index in [0.717, 1.165) is 27.8 Å². The molecule has 0 saturated carbocycles. The van der Waals surface area contributed by atoms with Crippen molar-refractivity contribution in [2.24, 2.45) is 0 Å². The highest BCUT2D eigenvalue weighted by Gasteiger charge is 2.15. The Labute approximate surface area is 170 Å². The van der Waals surface area contributed by atoms with Crippen LogP contribution < -0.4 is 14.8 Å². The fraction of sp³-hybridized carbons (Fsp3) is 0.200. The fourth-order valence-electron chi connectivity index (χ4n) is 3.07. The van der Waals surface area contributed by atoms with Crippen LogP contribution in [0.25, 0.3) is 15.5 Å². The molecule has 146 valence electrons. The van der Waals surface area contributed by atoms with Crippen LogP contribution in [0.1, 0.15) is 22.6 Å². The molecule has 0 atom stereocenters. The Kier molecular flexibility index (Phi) is 4.36. The summed E-state index contributed by atoms with van der Waals surface area (Å²) in [7, 11) is 0. The van der Waals surface area contributed by atoms with E-state index in [1.807, 2.05) is 31.2 Å².